The van der Waals surface area contributed by atoms with Crippen LogP contribution in [-0.2, 0) is 25.3 Å². The third-order valence-electron chi connectivity index (χ3n) is 8.38. The van der Waals surface area contributed by atoms with Crippen molar-refractivity contribution in [2.45, 2.75) is 73.3 Å². The van der Waals surface area contributed by atoms with Crippen molar-refractivity contribution in [3.63, 3.8) is 0 Å². The smallest absolute Gasteiger partial charge is 0.242 e. The number of carbonyl (C=O) groups is 2. The van der Waals surface area contributed by atoms with Crippen molar-refractivity contribution < 1.29 is 18.9 Å². The standard InChI is InChI=1S/C25H32N6O4S/c1-28(2)34-35-36-18-4-5-19-14(8-18)3-6-21(19)31-17-10-23(25(31)33)29(12-17)13-20(27)24(32)30-16(11-26)7-15-9-22(15)30/h4-5,8,15-17,20-23H,3,6-7,9-10,12-13,27H2,1-2H3/t15-,16+,17+,20+,21-,22?,23+/m1/s1. The van der Waals surface area contributed by atoms with E-state index in [1.54, 1.807) is 19.0 Å². The molecule has 1 aromatic rings. The van der Waals surface area contributed by atoms with Gasteiger partial charge in [-0.3, -0.25) is 14.5 Å². The molecule has 10 nitrogen and oxygen atoms in total. The van der Waals surface area contributed by atoms with Gasteiger partial charge in [0.2, 0.25) is 11.8 Å². The van der Waals surface area contributed by atoms with E-state index in [1.165, 1.54) is 28.2 Å². The lowest BCUT2D eigenvalue weighted by Crippen LogP contribution is -2.57. The summed E-state index contributed by atoms with van der Waals surface area (Å²) in [6, 6.07) is 7.62. The number of nitrogens with zero attached hydrogens (tertiary/aromatic N) is 5. The second-order valence-electron chi connectivity index (χ2n) is 10.9. The summed E-state index contributed by atoms with van der Waals surface area (Å²) >= 11 is 1.17. The molecule has 192 valence electrons. The van der Waals surface area contributed by atoms with Gasteiger partial charge in [0.25, 0.3) is 0 Å². The summed E-state index contributed by atoms with van der Waals surface area (Å²) in [6.07, 6.45) is 4.37. The van der Waals surface area contributed by atoms with Gasteiger partial charge >= 0.3 is 0 Å². The first-order valence-electron chi connectivity index (χ1n) is 12.7. The molecule has 0 aromatic heterocycles. The molecule has 36 heavy (non-hydrogen) atoms. The Morgan fingerprint density at radius 2 is 2.14 bits per heavy atom. The number of piperidine rings is 1. The molecule has 0 spiro atoms. The molecule has 3 saturated heterocycles. The van der Waals surface area contributed by atoms with Crippen molar-refractivity contribution in [3.8, 4) is 6.07 Å². The van der Waals surface area contributed by atoms with Gasteiger partial charge in [-0.15, -0.1) is 9.32 Å². The van der Waals surface area contributed by atoms with Crippen LogP contribution in [0.15, 0.2) is 23.1 Å². The van der Waals surface area contributed by atoms with Crippen molar-refractivity contribution >= 4 is 23.9 Å². The Morgan fingerprint density at radius 1 is 1.31 bits per heavy atom. The summed E-state index contributed by atoms with van der Waals surface area (Å²) in [5, 5.41) is 10.9. The van der Waals surface area contributed by atoms with E-state index >= 15 is 0 Å². The van der Waals surface area contributed by atoms with Crippen LogP contribution in [0.2, 0.25) is 0 Å². The van der Waals surface area contributed by atoms with Gasteiger partial charge < -0.3 is 15.5 Å². The molecule has 2 N–H and O–H groups in total. The fourth-order valence-electron chi connectivity index (χ4n) is 6.74. The van der Waals surface area contributed by atoms with Gasteiger partial charge in [-0.2, -0.15) is 10.3 Å². The third-order valence-corrected chi connectivity index (χ3v) is 8.95. The predicted molar refractivity (Wildman–Crippen MR) is 131 cm³/mol. The van der Waals surface area contributed by atoms with Crippen LogP contribution in [0.25, 0.3) is 0 Å². The molecule has 2 bridgehead atoms. The monoisotopic (exact) mass is 512 g/mol. The molecule has 3 heterocycles. The number of aryl methyl sites for hydroxylation is 1. The summed E-state index contributed by atoms with van der Waals surface area (Å²) < 4.78 is 5.16. The minimum absolute atomic E-state index is 0.0886. The number of piperazine rings is 1. The summed E-state index contributed by atoms with van der Waals surface area (Å²) in [6.45, 7) is 1.10. The Morgan fingerprint density at radius 3 is 2.89 bits per heavy atom. The van der Waals surface area contributed by atoms with Gasteiger partial charge in [0.05, 0.1) is 36.2 Å². The maximum atomic E-state index is 13.5. The van der Waals surface area contributed by atoms with E-state index in [-0.39, 0.29) is 42.0 Å². The average Bonchev–Trinajstić information content (AvgIpc) is 3.18. The fraction of sp³-hybridized carbons (Fsp3) is 0.640. The molecule has 4 fully saturated rings. The molecule has 0 radical (unpaired) electrons. The van der Waals surface area contributed by atoms with Crippen molar-refractivity contribution in [2.75, 3.05) is 27.2 Å². The highest BCUT2D eigenvalue weighted by molar-refractivity contribution is 7.94. The molecule has 11 heteroatoms. The van der Waals surface area contributed by atoms with Gasteiger partial charge in [0, 0.05) is 44.2 Å². The molecule has 1 unspecified atom stereocenters. The second kappa shape index (κ2) is 9.28. The van der Waals surface area contributed by atoms with Crippen LogP contribution in [0.5, 0.6) is 0 Å². The highest BCUT2D eigenvalue weighted by Gasteiger charge is 2.56. The number of hydrogen-bond donors (Lipinski definition) is 1. The lowest BCUT2D eigenvalue weighted by molar-refractivity contribution is -0.340. The minimum atomic E-state index is -0.706. The first-order valence-corrected chi connectivity index (χ1v) is 13.4. The van der Waals surface area contributed by atoms with E-state index in [4.69, 9.17) is 15.1 Å². The highest BCUT2D eigenvalue weighted by Crippen LogP contribution is 2.48. The highest BCUT2D eigenvalue weighted by atomic mass is 32.2. The number of nitrogens with two attached hydrogens (primary N) is 1. The summed E-state index contributed by atoms with van der Waals surface area (Å²) in [5.74, 6) is 0.465. The SMILES string of the molecule is CN(C)OOSc1ccc2c(c1)CC[C@H]2N1C(=O)[C@@H]2C[C@H]1CN2C[C@H](N)C(=O)N1C2C[C@H]2C[C@H]1C#N. The Kier molecular flexibility index (Phi) is 6.22. The van der Waals surface area contributed by atoms with E-state index in [0.29, 0.717) is 12.5 Å². The second-order valence-corrected chi connectivity index (χ2v) is 11.6. The molecule has 5 aliphatic rings. The molecular weight excluding hydrogens is 480 g/mol. The van der Waals surface area contributed by atoms with E-state index < -0.39 is 6.04 Å². The van der Waals surface area contributed by atoms with Gasteiger partial charge in [-0.05, 0) is 61.3 Å². The maximum absolute atomic E-state index is 13.5. The van der Waals surface area contributed by atoms with Crippen LogP contribution in [0.4, 0.5) is 0 Å². The minimum Gasteiger partial charge on any atom is -0.330 e. The van der Waals surface area contributed by atoms with Crippen molar-refractivity contribution in [3.05, 3.63) is 29.3 Å². The first-order chi connectivity index (χ1) is 17.4. The van der Waals surface area contributed by atoms with Gasteiger partial charge in [0.15, 0.2) is 0 Å². The number of hydrogen-bond acceptors (Lipinski definition) is 9. The lowest BCUT2D eigenvalue weighted by Gasteiger charge is -2.38. The number of nitriles is 1. The topological polar surface area (TPSA) is 115 Å². The van der Waals surface area contributed by atoms with Gasteiger partial charge in [-0.1, -0.05) is 6.07 Å². The Hall–Kier alpha value is -2.20. The number of likely N-dealkylation sites (tertiary alicyclic amines) is 3. The molecule has 6 rings (SSSR count). The molecular formula is C25H32N6O4S. The number of rotatable bonds is 8. The van der Waals surface area contributed by atoms with E-state index in [0.717, 1.165) is 43.5 Å². The van der Waals surface area contributed by atoms with Crippen LogP contribution in [0.3, 0.4) is 0 Å². The van der Waals surface area contributed by atoms with Crippen LogP contribution in [0.1, 0.15) is 42.9 Å². The van der Waals surface area contributed by atoms with Crippen LogP contribution in [0, 0.1) is 17.2 Å². The molecule has 3 aliphatic heterocycles. The van der Waals surface area contributed by atoms with Crippen LogP contribution < -0.4 is 5.73 Å². The normalized spacial score (nSPS) is 33.2. The number of amides is 2. The zero-order valence-electron chi connectivity index (χ0n) is 20.6. The average molecular weight is 513 g/mol. The Labute approximate surface area is 215 Å². The van der Waals surface area contributed by atoms with Crippen LogP contribution >= 0.6 is 12.0 Å². The van der Waals surface area contributed by atoms with Crippen LogP contribution in [-0.4, -0.2) is 89.0 Å². The number of carbonyl (C=O) groups excluding carboxylic acids is 2. The van der Waals surface area contributed by atoms with Gasteiger partial charge in [0.1, 0.15) is 6.04 Å². The van der Waals surface area contributed by atoms with E-state index in [2.05, 4.69) is 28.0 Å². The molecule has 7 atom stereocenters. The summed E-state index contributed by atoms with van der Waals surface area (Å²) in [4.78, 5) is 38.4. The zero-order chi connectivity index (χ0) is 25.1. The third kappa shape index (κ3) is 4.10. The van der Waals surface area contributed by atoms with E-state index in [1.807, 2.05) is 6.07 Å². The Balaban J connectivity index is 1.08. The molecule has 1 saturated carbocycles. The summed E-state index contributed by atoms with van der Waals surface area (Å²) in [7, 11) is 3.50. The van der Waals surface area contributed by atoms with Crippen molar-refractivity contribution in [1.82, 2.24) is 19.8 Å². The molecule has 2 aliphatic carbocycles. The first kappa shape index (κ1) is 24.2. The quantitative estimate of drug-likeness (QED) is 0.312. The molecule has 2 amide bonds. The summed E-state index contributed by atoms with van der Waals surface area (Å²) in [5.41, 5.74) is 8.80. The van der Waals surface area contributed by atoms with Crippen molar-refractivity contribution in [2.24, 2.45) is 11.7 Å². The predicted octanol–water partition coefficient (Wildman–Crippen LogP) is 1.23. The van der Waals surface area contributed by atoms with E-state index in [9.17, 15) is 14.9 Å². The molecule has 1 aromatic carbocycles. The van der Waals surface area contributed by atoms with Crippen molar-refractivity contribution in [1.29, 1.82) is 5.26 Å². The fourth-order valence-corrected chi connectivity index (χ4v) is 7.28. The lowest BCUT2D eigenvalue weighted by atomic mass is 10.1. The number of fused-ring (bicyclic) bond motifs is 4. The zero-order valence-corrected chi connectivity index (χ0v) is 21.4. The Bertz CT molecular complexity index is 1110. The largest absolute Gasteiger partial charge is 0.330 e. The number of hydroxylamine groups is 2. The number of benzene rings is 1. The maximum Gasteiger partial charge on any atom is 0.242 e. The van der Waals surface area contributed by atoms with Gasteiger partial charge in [-0.25, -0.2) is 0 Å².